The summed E-state index contributed by atoms with van der Waals surface area (Å²) >= 11 is 1.92. The van der Waals surface area contributed by atoms with Gasteiger partial charge in [0.25, 0.3) is 0 Å². The van der Waals surface area contributed by atoms with E-state index in [1.165, 1.54) is 6.42 Å². The van der Waals surface area contributed by atoms with Crippen molar-refractivity contribution in [3.8, 4) is 6.07 Å². The van der Waals surface area contributed by atoms with Crippen molar-refractivity contribution in [2.24, 2.45) is 0 Å². The molecule has 2 N–H and O–H groups in total. The average Bonchev–Trinajstić information content (AvgIpc) is 2.64. The minimum atomic E-state index is -0.0199. The summed E-state index contributed by atoms with van der Waals surface area (Å²) in [5.74, 6) is 2.15. The van der Waals surface area contributed by atoms with Gasteiger partial charge >= 0.3 is 0 Å². The summed E-state index contributed by atoms with van der Waals surface area (Å²) < 4.78 is 0. The van der Waals surface area contributed by atoms with E-state index in [2.05, 4.69) is 23.2 Å². The Hall–Kier alpha value is -1.55. The molecule has 0 bridgehead atoms. The van der Waals surface area contributed by atoms with Gasteiger partial charge < -0.3 is 10.4 Å². The minimum absolute atomic E-state index is 0.0199. The number of anilines is 1. The number of nitrogens with zero attached hydrogens (tertiary/aromatic N) is 2. The lowest BCUT2D eigenvalue weighted by Crippen LogP contribution is -2.36. The van der Waals surface area contributed by atoms with Crippen molar-refractivity contribution in [3.63, 3.8) is 0 Å². The molecule has 1 amide bonds. The number of unbranched alkanes of at least 4 members (excludes halogenated alkanes) is 2. The van der Waals surface area contributed by atoms with E-state index in [4.69, 9.17) is 10.4 Å². The number of nitrogens with one attached hydrogen (secondary N) is 1. The molecule has 0 aliphatic heterocycles. The number of carbonyl (C=O) groups excluding carboxylic acids is 1. The smallest absolute Gasteiger partial charge is 0.238 e. The molecule has 1 aromatic rings. The average molecular weight is 392 g/mol. The predicted octanol–water partition coefficient (Wildman–Crippen LogP) is 3.72. The highest BCUT2D eigenvalue weighted by atomic mass is 32.2. The van der Waals surface area contributed by atoms with E-state index in [-0.39, 0.29) is 12.5 Å². The zero-order chi connectivity index (χ0) is 20.1. The van der Waals surface area contributed by atoms with Gasteiger partial charge in [0, 0.05) is 24.6 Å². The highest BCUT2D eigenvalue weighted by Gasteiger charge is 2.13. The number of thioether (sulfide) groups is 1. The van der Waals surface area contributed by atoms with Crippen molar-refractivity contribution in [1.29, 1.82) is 5.26 Å². The summed E-state index contributed by atoms with van der Waals surface area (Å²) in [5, 5.41) is 21.0. The second-order valence-electron chi connectivity index (χ2n) is 6.82. The van der Waals surface area contributed by atoms with Gasteiger partial charge in [0.2, 0.25) is 5.91 Å². The Morgan fingerprint density at radius 2 is 1.89 bits per heavy atom. The van der Waals surface area contributed by atoms with Crippen LogP contribution in [-0.2, 0) is 4.79 Å². The third-order valence-electron chi connectivity index (χ3n) is 4.33. The predicted molar refractivity (Wildman–Crippen MR) is 114 cm³/mol. The van der Waals surface area contributed by atoms with E-state index in [1.807, 2.05) is 25.6 Å². The Kier molecular flexibility index (Phi) is 11.8. The number of benzene rings is 1. The molecule has 0 aromatic heterocycles. The third-order valence-corrected chi connectivity index (χ3v) is 5.49. The quantitative estimate of drug-likeness (QED) is 0.501. The first-order valence-corrected chi connectivity index (χ1v) is 10.9. The number of aryl methyl sites for hydroxylation is 2. The Bertz CT molecular complexity index is 593. The normalized spacial score (nSPS) is 10.8. The molecule has 0 heterocycles. The Morgan fingerprint density at radius 1 is 1.19 bits per heavy atom. The molecule has 0 spiro atoms. The molecule has 0 fully saturated rings. The number of aliphatic hydroxyl groups is 1. The molecule has 1 aromatic carbocycles. The Morgan fingerprint density at radius 3 is 2.48 bits per heavy atom. The maximum Gasteiger partial charge on any atom is 0.238 e. The van der Waals surface area contributed by atoms with E-state index in [1.54, 1.807) is 12.1 Å². The van der Waals surface area contributed by atoms with Gasteiger partial charge in [-0.15, -0.1) is 0 Å². The van der Waals surface area contributed by atoms with Crippen LogP contribution in [0.4, 0.5) is 5.69 Å². The van der Waals surface area contributed by atoms with Crippen LogP contribution < -0.4 is 5.32 Å². The molecule has 0 saturated heterocycles. The fourth-order valence-corrected chi connectivity index (χ4v) is 3.82. The van der Waals surface area contributed by atoms with Gasteiger partial charge in [0.1, 0.15) is 0 Å². The fourth-order valence-electron chi connectivity index (χ4n) is 2.94. The lowest BCUT2D eigenvalue weighted by atomic mass is 10.0. The maximum absolute atomic E-state index is 12.6. The van der Waals surface area contributed by atoms with E-state index >= 15 is 0 Å². The Balaban J connectivity index is 2.64. The summed E-state index contributed by atoms with van der Waals surface area (Å²) in [7, 11) is 0. The number of hydrogen-bond acceptors (Lipinski definition) is 5. The molecule has 0 aliphatic carbocycles. The van der Waals surface area contributed by atoms with Crippen LogP contribution >= 0.6 is 11.8 Å². The summed E-state index contributed by atoms with van der Waals surface area (Å²) in [4.78, 5) is 14.8. The molecule has 0 atom stereocenters. The van der Waals surface area contributed by atoms with Crippen molar-refractivity contribution in [1.82, 2.24) is 4.90 Å². The van der Waals surface area contributed by atoms with Gasteiger partial charge in [0.15, 0.2) is 0 Å². The molecule has 0 saturated carbocycles. The molecule has 0 aliphatic rings. The summed E-state index contributed by atoms with van der Waals surface area (Å²) in [6.45, 7) is 8.35. The van der Waals surface area contributed by atoms with Crippen LogP contribution in [0.1, 0.15) is 49.3 Å². The molecule has 0 radical (unpaired) electrons. The number of hydrogen-bond donors (Lipinski definition) is 2. The van der Waals surface area contributed by atoms with Gasteiger partial charge in [-0.05, 0) is 75.1 Å². The molecule has 27 heavy (non-hydrogen) atoms. The number of rotatable bonds is 13. The van der Waals surface area contributed by atoms with E-state index < -0.39 is 0 Å². The second-order valence-corrected chi connectivity index (χ2v) is 8.04. The number of nitriles is 1. The van der Waals surface area contributed by atoms with Gasteiger partial charge in [-0.25, -0.2) is 0 Å². The third kappa shape index (κ3) is 9.28. The van der Waals surface area contributed by atoms with Crippen molar-refractivity contribution >= 4 is 23.4 Å². The summed E-state index contributed by atoms with van der Waals surface area (Å²) in [6, 6.07) is 5.75. The van der Waals surface area contributed by atoms with E-state index in [0.717, 1.165) is 60.7 Å². The molecule has 0 unspecified atom stereocenters. The number of amides is 1. The number of carbonyl (C=O) groups is 1. The first-order valence-electron chi connectivity index (χ1n) is 9.74. The molecular formula is C21H33N3O2S. The van der Waals surface area contributed by atoms with E-state index in [9.17, 15) is 4.79 Å². The second kappa shape index (κ2) is 13.6. The number of aliphatic hydroxyl groups excluding tert-OH is 1. The first-order chi connectivity index (χ1) is 13.0. The van der Waals surface area contributed by atoms with Crippen LogP contribution in [0.3, 0.4) is 0 Å². The van der Waals surface area contributed by atoms with Gasteiger partial charge in [-0.3, -0.25) is 9.69 Å². The summed E-state index contributed by atoms with van der Waals surface area (Å²) in [6.07, 6.45) is 3.94. The fraction of sp³-hybridized carbons (Fsp3) is 0.619. The SMILES string of the molecule is CCCSCCN(CCCCCO)CC(=O)Nc1c(C)cc(C#N)cc1C. The zero-order valence-electron chi connectivity index (χ0n) is 16.9. The molecule has 5 nitrogen and oxygen atoms in total. The largest absolute Gasteiger partial charge is 0.396 e. The first kappa shape index (κ1) is 23.5. The van der Waals surface area contributed by atoms with Crippen LogP contribution in [-0.4, -0.2) is 53.7 Å². The van der Waals surface area contributed by atoms with Crippen LogP contribution in [0, 0.1) is 25.2 Å². The van der Waals surface area contributed by atoms with Crippen molar-refractivity contribution < 1.29 is 9.90 Å². The van der Waals surface area contributed by atoms with E-state index in [0.29, 0.717) is 12.1 Å². The van der Waals surface area contributed by atoms with Gasteiger partial charge in [-0.1, -0.05) is 6.92 Å². The Labute approximate surface area is 168 Å². The molecular weight excluding hydrogens is 358 g/mol. The van der Waals surface area contributed by atoms with Crippen LogP contribution in [0.5, 0.6) is 0 Å². The zero-order valence-corrected chi connectivity index (χ0v) is 17.7. The van der Waals surface area contributed by atoms with Gasteiger partial charge in [0.05, 0.1) is 18.2 Å². The van der Waals surface area contributed by atoms with Gasteiger partial charge in [-0.2, -0.15) is 17.0 Å². The monoisotopic (exact) mass is 391 g/mol. The lowest BCUT2D eigenvalue weighted by Gasteiger charge is -2.22. The molecule has 150 valence electrons. The van der Waals surface area contributed by atoms with Crippen molar-refractivity contribution in [3.05, 3.63) is 28.8 Å². The standard InChI is InChI=1S/C21H33N3O2S/c1-4-11-27-12-9-24(8-6-5-7-10-25)16-20(26)23-21-17(2)13-19(15-22)14-18(21)3/h13-14,25H,4-12,16H2,1-3H3,(H,23,26). The van der Waals surface area contributed by atoms with Crippen molar-refractivity contribution in [2.75, 3.05) is 43.1 Å². The molecule has 6 heteroatoms. The molecule has 1 rings (SSSR count). The minimum Gasteiger partial charge on any atom is -0.396 e. The highest BCUT2D eigenvalue weighted by Crippen LogP contribution is 2.22. The highest BCUT2D eigenvalue weighted by molar-refractivity contribution is 7.99. The topological polar surface area (TPSA) is 76.4 Å². The summed E-state index contributed by atoms with van der Waals surface area (Å²) in [5.41, 5.74) is 3.24. The van der Waals surface area contributed by atoms with Crippen molar-refractivity contribution in [2.45, 2.75) is 46.5 Å². The van der Waals surface area contributed by atoms with Crippen LogP contribution in [0.2, 0.25) is 0 Å². The van der Waals surface area contributed by atoms with Crippen LogP contribution in [0.25, 0.3) is 0 Å². The maximum atomic E-state index is 12.6. The van der Waals surface area contributed by atoms with Crippen LogP contribution in [0.15, 0.2) is 12.1 Å². The lowest BCUT2D eigenvalue weighted by molar-refractivity contribution is -0.117.